The van der Waals surface area contributed by atoms with Crippen LogP contribution < -0.4 is 5.32 Å². The van der Waals surface area contributed by atoms with Gasteiger partial charge in [0.05, 0.1) is 0 Å². The van der Waals surface area contributed by atoms with Crippen LogP contribution in [0.25, 0.3) is 11.4 Å². The van der Waals surface area contributed by atoms with E-state index in [9.17, 15) is 4.79 Å². The lowest BCUT2D eigenvalue weighted by molar-refractivity contribution is 0.0767. The van der Waals surface area contributed by atoms with E-state index in [0.717, 1.165) is 30.8 Å². The number of nitrogens with zero attached hydrogens (tertiary/aromatic N) is 4. The second-order valence-electron chi connectivity index (χ2n) is 7.15. The average Bonchev–Trinajstić information content (AvgIpc) is 3.29. The van der Waals surface area contributed by atoms with Crippen molar-refractivity contribution in [2.24, 2.45) is 0 Å². The molecule has 1 N–H and O–H groups in total. The number of nitrogens with one attached hydrogen (secondary N) is 1. The maximum absolute atomic E-state index is 12.9. The predicted octanol–water partition coefficient (Wildman–Crippen LogP) is 3.14. The number of aromatic nitrogens is 2. The van der Waals surface area contributed by atoms with Crippen LogP contribution in [0.3, 0.4) is 0 Å². The Morgan fingerprint density at radius 1 is 1.38 bits per heavy atom. The molecule has 0 bridgehead atoms. The highest BCUT2D eigenvalue weighted by molar-refractivity contribution is 5.90. The third-order valence-corrected chi connectivity index (χ3v) is 5.42. The molecule has 1 aromatic carbocycles. The van der Waals surface area contributed by atoms with Crippen LogP contribution in [-0.4, -0.2) is 57.7 Å². The molecule has 4 rings (SSSR count). The van der Waals surface area contributed by atoms with Gasteiger partial charge in [-0.15, -0.1) is 0 Å². The first-order chi connectivity index (χ1) is 12.6. The molecule has 138 valence electrons. The second-order valence-corrected chi connectivity index (χ2v) is 7.15. The lowest BCUT2D eigenvalue weighted by Crippen LogP contribution is -2.58. The Hall–Kier alpha value is -2.41. The van der Waals surface area contributed by atoms with E-state index in [1.807, 2.05) is 29.2 Å². The van der Waals surface area contributed by atoms with Gasteiger partial charge in [-0.05, 0) is 37.9 Å². The standard InChI is InChI=1S/C19H25N5O2/c1-3-16-11-23-9-5-8-17(23)12-24(16)19(25)21-15-7-4-6-14(10-15)18-20-13(2)26-22-18/h4,6-7,10,16-17H,3,5,8-9,11-12H2,1-2H3,(H,21,25). The van der Waals surface area contributed by atoms with Gasteiger partial charge in [-0.3, -0.25) is 4.90 Å². The third-order valence-electron chi connectivity index (χ3n) is 5.42. The molecule has 0 saturated carbocycles. The summed E-state index contributed by atoms with van der Waals surface area (Å²) >= 11 is 0. The predicted molar refractivity (Wildman–Crippen MR) is 98.9 cm³/mol. The molecule has 0 spiro atoms. The zero-order valence-electron chi connectivity index (χ0n) is 15.3. The monoisotopic (exact) mass is 355 g/mol. The Morgan fingerprint density at radius 2 is 2.27 bits per heavy atom. The number of anilines is 1. The zero-order valence-corrected chi connectivity index (χ0v) is 15.3. The Bertz CT molecular complexity index is 790. The third kappa shape index (κ3) is 3.31. The van der Waals surface area contributed by atoms with Crippen LogP contribution in [0.15, 0.2) is 28.8 Å². The largest absolute Gasteiger partial charge is 0.339 e. The van der Waals surface area contributed by atoms with E-state index in [1.165, 1.54) is 19.4 Å². The fraction of sp³-hybridized carbons (Fsp3) is 0.526. The summed E-state index contributed by atoms with van der Waals surface area (Å²) in [6.45, 7) is 6.88. The maximum Gasteiger partial charge on any atom is 0.322 e. The number of urea groups is 1. The molecule has 2 atom stereocenters. The summed E-state index contributed by atoms with van der Waals surface area (Å²) in [6, 6.07) is 8.33. The van der Waals surface area contributed by atoms with Gasteiger partial charge >= 0.3 is 6.03 Å². The maximum atomic E-state index is 12.9. The lowest BCUT2D eigenvalue weighted by Gasteiger charge is -2.43. The first-order valence-electron chi connectivity index (χ1n) is 9.36. The quantitative estimate of drug-likeness (QED) is 0.915. The molecule has 2 aliphatic heterocycles. The van der Waals surface area contributed by atoms with Crippen molar-refractivity contribution in [3.05, 3.63) is 30.2 Å². The van der Waals surface area contributed by atoms with Gasteiger partial charge in [-0.1, -0.05) is 24.2 Å². The molecule has 2 aliphatic rings. The van der Waals surface area contributed by atoms with Crippen molar-refractivity contribution in [1.29, 1.82) is 0 Å². The smallest absolute Gasteiger partial charge is 0.322 e. The minimum Gasteiger partial charge on any atom is -0.339 e. The molecule has 2 aromatic rings. The van der Waals surface area contributed by atoms with E-state index in [0.29, 0.717) is 17.8 Å². The molecule has 26 heavy (non-hydrogen) atoms. The van der Waals surface area contributed by atoms with Crippen molar-refractivity contribution in [3.8, 4) is 11.4 Å². The highest BCUT2D eigenvalue weighted by Gasteiger charge is 2.37. The van der Waals surface area contributed by atoms with E-state index in [-0.39, 0.29) is 12.1 Å². The highest BCUT2D eigenvalue weighted by Crippen LogP contribution is 2.27. The van der Waals surface area contributed by atoms with Crippen LogP contribution in [0.4, 0.5) is 10.5 Å². The number of hydrogen-bond donors (Lipinski definition) is 1. The van der Waals surface area contributed by atoms with E-state index >= 15 is 0 Å². The lowest BCUT2D eigenvalue weighted by atomic mass is 10.1. The van der Waals surface area contributed by atoms with E-state index in [1.54, 1.807) is 6.92 Å². The van der Waals surface area contributed by atoms with Crippen LogP contribution in [0.5, 0.6) is 0 Å². The minimum absolute atomic E-state index is 0.0233. The fourth-order valence-corrected chi connectivity index (χ4v) is 4.03. The fourth-order valence-electron chi connectivity index (χ4n) is 4.03. The number of piperazine rings is 1. The van der Waals surface area contributed by atoms with Gasteiger partial charge in [0, 0.05) is 43.3 Å². The SMILES string of the molecule is CCC1CN2CCCC2CN1C(=O)Nc1cccc(-c2noc(C)n2)c1. The van der Waals surface area contributed by atoms with Gasteiger partial charge in [-0.25, -0.2) is 4.79 Å². The first-order valence-corrected chi connectivity index (χ1v) is 9.36. The highest BCUT2D eigenvalue weighted by atomic mass is 16.5. The molecule has 2 amide bonds. The Morgan fingerprint density at radius 3 is 3.04 bits per heavy atom. The molecular weight excluding hydrogens is 330 g/mol. The summed E-state index contributed by atoms with van der Waals surface area (Å²) in [4.78, 5) is 21.7. The number of amides is 2. The van der Waals surface area contributed by atoms with E-state index < -0.39 is 0 Å². The van der Waals surface area contributed by atoms with Crippen LogP contribution >= 0.6 is 0 Å². The molecule has 1 aromatic heterocycles. The molecule has 2 fully saturated rings. The zero-order chi connectivity index (χ0) is 18.1. The van der Waals surface area contributed by atoms with E-state index in [4.69, 9.17) is 4.52 Å². The molecule has 2 unspecified atom stereocenters. The topological polar surface area (TPSA) is 74.5 Å². The number of fused-ring (bicyclic) bond motifs is 1. The van der Waals surface area contributed by atoms with Gasteiger partial charge in [0.15, 0.2) is 0 Å². The summed E-state index contributed by atoms with van der Waals surface area (Å²) in [7, 11) is 0. The van der Waals surface area contributed by atoms with Crippen molar-refractivity contribution in [2.75, 3.05) is 25.0 Å². The molecule has 3 heterocycles. The Labute approximate surface area is 153 Å². The summed E-state index contributed by atoms with van der Waals surface area (Å²) < 4.78 is 5.04. The van der Waals surface area contributed by atoms with Gasteiger partial charge in [0.1, 0.15) is 0 Å². The van der Waals surface area contributed by atoms with Crippen molar-refractivity contribution in [3.63, 3.8) is 0 Å². The number of benzene rings is 1. The number of aryl methyl sites for hydroxylation is 1. The summed E-state index contributed by atoms with van der Waals surface area (Å²) in [5.41, 5.74) is 1.57. The van der Waals surface area contributed by atoms with E-state index in [2.05, 4.69) is 27.3 Å². The molecule has 0 radical (unpaired) electrons. The minimum atomic E-state index is -0.0233. The molecular formula is C19H25N5O2. The van der Waals surface area contributed by atoms with Crippen molar-refractivity contribution in [1.82, 2.24) is 19.9 Å². The number of hydrogen-bond acceptors (Lipinski definition) is 5. The first kappa shape index (κ1) is 17.0. The summed E-state index contributed by atoms with van der Waals surface area (Å²) in [5.74, 6) is 1.05. The number of rotatable bonds is 3. The Balaban J connectivity index is 1.49. The van der Waals surface area contributed by atoms with Gasteiger partial charge in [-0.2, -0.15) is 4.98 Å². The molecule has 7 heteroatoms. The molecule has 7 nitrogen and oxygen atoms in total. The van der Waals surface area contributed by atoms with Gasteiger partial charge in [0.2, 0.25) is 11.7 Å². The van der Waals surface area contributed by atoms with Crippen LogP contribution in [0.2, 0.25) is 0 Å². The van der Waals surface area contributed by atoms with Crippen LogP contribution in [-0.2, 0) is 0 Å². The summed E-state index contributed by atoms with van der Waals surface area (Å²) in [6.07, 6.45) is 3.40. The summed E-state index contributed by atoms with van der Waals surface area (Å²) in [5, 5.41) is 7.00. The number of carbonyl (C=O) groups excluding carboxylic acids is 1. The van der Waals surface area contributed by atoms with Crippen LogP contribution in [0.1, 0.15) is 32.1 Å². The van der Waals surface area contributed by atoms with Crippen molar-refractivity contribution in [2.45, 2.75) is 45.2 Å². The van der Waals surface area contributed by atoms with Crippen molar-refractivity contribution < 1.29 is 9.32 Å². The normalized spacial score (nSPS) is 23.1. The molecule has 0 aliphatic carbocycles. The number of carbonyl (C=O) groups is 1. The Kier molecular flexibility index (Phi) is 4.63. The van der Waals surface area contributed by atoms with Gasteiger partial charge in [0.25, 0.3) is 0 Å². The molecule has 2 saturated heterocycles. The second kappa shape index (κ2) is 7.07. The van der Waals surface area contributed by atoms with Crippen LogP contribution in [0, 0.1) is 6.92 Å². The van der Waals surface area contributed by atoms with Gasteiger partial charge < -0.3 is 14.7 Å². The average molecular weight is 355 g/mol. The van der Waals surface area contributed by atoms with Crippen molar-refractivity contribution >= 4 is 11.7 Å².